The van der Waals surface area contributed by atoms with E-state index >= 15 is 0 Å². The predicted octanol–water partition coefficient (Wildman–Crippen LogP) is 2.86. The molecule has 0 aliphatic carbocycles. The van der Waals surface area contributed by atoms with E-state index in [2.05, 4.69) is 0 Å². The van der Waals surface area contributed by atoms with Gasteiger partial charge in [-0.1, -0.05) is 27.7 Å². The van der Waals surface area contributed by atoms with E-state index in [0.29, 0.717) is 11.8 Å². The Labute approximate surface area is 111 Å². The highest BCUT2D eigenvalue weighted by atomic mass is 32.3. The average molecular weight is 292 g/mol. The minimum Gasteiger partial charge on any atom is -0.477 e. The van der Waals surface area contributed by atoms with Crippen LogP contribution >= 0.6 is 21.8 Å². The molecule has 0 aromatic carbocycles. The summed E-state index contributed by atoms with van der Waals surface area (Å²) in [6.07, 6.45) is 0. The highest BCUT2D eigenvalue weighted by Gasteiger charge is 2.53. The van der Waals surface area contributed by atoms with Crippen LogP contribution in [-0.2, 0) is 9.59 Å². The predicted molar refractivity (Wildman–Crippen MR) is 73.1 cm³/mol. The molecule has 0 saturated carbocycles. The summed E-state index contributed by atoms with van der Waals surface area (Å²) in [6, 6.07) is 0. The van der Waals surface area contributed by atoms with Crippen LogP contribution in [0, 0.1) is 0 Å². The van der Waals surface area contributed by atoms with Crippen molar-refractivity contribution >= 4 is 38.2 Å². The first-order chi connectivity index (χ1) is 8.17. The molecule has 1 aliphatic rings. The van der Waals surface area contributed by atoms with Gasteiger partial charge in [0.1, 0.15) is 9.81 Å². The summed E-state index contributed by atoms with van der Waals surface area (Å²) in [6.45, 7) is 7.12. The van der Waals surface area contributed by atoms with E-state index in [1.54, 1.807) is 27.7 Å². The number of hydrogen-bond donors (Lipinski definition) is 2. The molecule has 1 heterocycles. The largest absolute Gasteiger partial charge is 0.477 e. The number of thioether (sulfide) groups is 1. The summed E-state index contributed by atoms with van der Waals surface area (Å²) in [5.41, 5.74) is 0. The standard InChI is InChI=1S/C11H16O5S2/c1-5(2)18(6(3)4)8(10(14)15)7(9(12)13)17-11(18)16/h5-6H,1-4H3,(H,12,13)(H,14,15). The zero-order chi connectivity index (χ0) is 14.2. The molecule has 0 atom stereocenters. The van der Waals surface area contributed by atoms with Crippen molar-refractivity contribution in [1.82, 2.24) is 0 Å². The van der Waals surface area contributed by atoms with Gasteiger partial charge in [-0.15, -0.1) is 10.0 Å². The highest BCUT2D eigenvalue weighted by molar-refractivity contribution is 8.63. The number of aliphatic carboxylic acids is 2. The molecule has 0 bridgehead atoms. The fraction of sp³-hybridized carbons (Fsp3) is 0.545. The number of carboxylic acids is 2. The average Bonchev–Trinajstić information content (AvgIpc) is 2.52. The molecule has 0 aromatic heterocycles. The van der Waals surface area contributed by atoms with Gasteiger partial charge in [-0.25, -0.2) is 9.59 Å². The quantitative estimate of drug-likeness (QED) is 0.827. The molecular formula is C11H16O5S2. The molecule has 7 heteroatoms. The zero-order valence-corrected chi connectivity index (χ0v) is 12.2. The van der Waals surface area contributed by atoms with Gasteiger partial charge in [0.25, 0.3) is 0 Å². The Morgan fingerprint density at radius 1 is 1.06 bits per heavy atom. The van der Waals surface area contributed by atoms with Gasteiger partial charge in [0, 0.05) is 0 Å². The second-order valence-corrected chi connectivity index (χ2v) is 9.75. The first-order valence-electron chi connectivity index (χ1n) is 5.41. The maximum atomic E-state index is 12.2. The Bertz CT molecular complexity index is 442. The molecule has 1 rings (SSSR count). The Morgan fingerprint density at radius 2 is 1.50 bits per heavy atom. The Kier molecular flexibility index (Phi) is 4.17. The molecule has 0 saturated heterocycles. The summed E-state index contributed by atoms with van der Waals surface area (Å²) in [5.74, 6) is -2.62. The molecule has 0 fully saturated rings. The lowest BCUT2D eigenvalue weighted by molar-refractivity contribution is -0.134. The Hall–Kier alpha value is -0.950. The maximum Gasteiger partial charge on any atom is 0.344 e. The van der Waals surface area contributed by atoms with Gasteiger partial charge in [-0.3, -0.25) is 4.79 Å². The van der Waals surface area contributed by atoms with Crippen molar-refractivity contribution in [3.8, 4) is 0 Å². The lowest BCUT2D eigenvalue weighted by Crippen LogP contribution is -2.28. The SMILES string of the molecule is CC(C)S1(C(C)C)C(=O)SC(C(=O)O)=C1C(=O)O. The second-order valence-electron chi connectivity index (χ2n) is 4.43. The van der Waals surface area contributed by atoms with Crippen molar-refractivity contribution in [2.45, 2.75) is 38.2 Å². The monoisotopic (exact) mass is 292 g/mol. The van der Waals surface area contributed by atoms with Crippen molar-refractivity contribution < 1.29 is 24.6 Å². The fourth-order valence-corrected chi connectivity index (χ4v) is 9.05. The van der Waals surface area contributed by atoms with Crippen molar-refractivity contribution in [2.75, 3.05) is 0 Å². The van der Waals surface area contributed by atoms with Gasteiger partial charge in [-0.2, -0.15) is 0 Å². The lowest BCUT2D eigenvalue weighted by atomic mass is 10.5. The van der Waals surface area contributed by atoms with Crippen LogP contribution < -0.4 is 0 Å². The van der Waals surface area contributed by atoms with E-state index in [9.17, 15) is 19.5 Å². The highest BCUT2D eigenvalue weighted by Crippen LogP contribution is 2.72. The summed E-state index contributed by atoms with van der Waals surface area (Å²) >= 11 is 0.571. The van der Waals surface area contributed by atoms with E-state index < -0.39 is 22.0 Å². The normalized spacial score (nSPS) is 20.7. The zero-order valence-electron chi connectivity index (χ0n) is 10.6. The molecule has 5 nitrogen and oxygen atoms in total. The van der Waals surface area contributed by atoms with E-state index in [4.69, 9.17) is 5.11 Å². The van der Waals surface area contributed by atoms with Crippen LogP contribution in [0.3, 0.4) is 0 Å². The van der Waals surface area contributed by atoms with E-state index in [0.717, 1.165) is 0 Å². The molecule has 2 N–H and O–H groups in total. The summed E-state index contributed by atoms with van der Waals surface area (Å²) in [4.78, 5) is 34.3. The van der Waals surface area contributed by atoms with Crippen LogP contribution in [-0.4, -0.2) is 37.1 Å². The van der Waals surface area contributed by atoms with E-state index in [1.807, 2.05) is 0 Å². The van der Waals surface area contributed by atoms with Crippen LogP contribution in [0.15, 0.2) is 9.81 Å². The smallest absolute Gasteiger partial charge is 0.344 e. The third-order valence-electron chi connectivity index (χ3n) is 2.88. The first kappa shape index (κ1) is 15.1. The van der Waals surface area contributed by atoms with Crippen molar-refractivity contribution in [2.24, 2.45) is 0 Å². The number of rotatable bonds is 4. The number of carbonyl (C=O) groups is 3. The van der Waals surface area contributed by atoms with E-state index in [-0.39, 0.29) is 24.8 Å². The summed E-state index contributed by atoms with van der Waals surface area (Å²) in [7, 11) is -2.28. The minimum atomic E-state index is -2.28. The molecule has 1 aliphatic heterocycles. The molecule has 0 spiro atoms. The Balaban J connectivity index is 3.63. The van der Waals surface area contributed by atoms with Crippen LogP contribution in [0.2, 0.25) is 0 Å². The summed E-state index contributed by atoms with van der Waals surface area (Å²) < 4.78 is -0.303. The van der Waals surface area contributed by atoms with Gasteiger partial charge in [-0.05, 0) is 22.3 Å². The minimum absolute atomic E-state index is 0.185. The van der Waals surface area contributed by atoms with Gasteiger partial charge >= 0.3 is 11.9 Å². The Morgan fingerprint density at radius 3 is 1.78 bits per heavy atom. The third kappa shape index (κ3) is 1.95. The topological polar surface area (TPSA) is 91.7 Å². The van der Waals surface area contributed by atoms with Crippen molar-refractivity contribution in [3.05, 3.63) is 9.81 Å². The fourth-order valence-electron chi connectivity index (χ4n) is 2.22. The number of carbonyl (C=O) groups excluding carboxylic acids is 1. The molecule has 0 unspecified atom stereocenters. The van der Waals surface area contributed by atoms with Gasteiger partial charge < -0.3 is 10.2 Å². The van der Waals surface area contributed by atoms with Crippen LogP contribution in [0.1, 0.15) is 27.7 Å². The first-order valence-corrected chi connectivity index (χ1v) is 7.98. The van der Waals surface area contributed by atoms with Gasteiger partial charge in [0.2, 0.25) is 4.45 Å². The third-order valence-corrected chi connectivity index (χ3v) is 9.42. The maximum absolute atomic E-state index is 12.2. The second kappa shape index (κ2) is 4.97. The lowest BCUT2D eigenvalue weighted by Gasteiger charge is -2.42. The molecule has 0 radical (unpaired) electrons. The summed E-state index contributed by atoms with van der Waals surface area (Å²) in [5, 5.41) is 18.0. The number of hydrogen-bond acceptors (Lipinski definition) is 4. The van der Waals surface area contributed by atoms with Crippen LogP contribution in [0.25, 0.3) is 0 Å². The van der Waals surface area contributed by atoms with Gasteiger partial charge in [0.15, 0.2) is 0 Å². The van der Waals surface area contributed by atoms with Crippen LogP contribution in [0.5, 0.6) is 0 Å². The van der Waals surface area contributed by atoms with Crippen LogP contribution in [0.4, 0.5) is 4.79 Å². The van der Waals surface area contributed by atoms with Gasteiger partial charge in [0.05, 0.1) is 0 Å². The molecular weight excluding hydrogens is 276 g/mol. The van der Waals surface area contributed by atoms with Crippen molar-refractivity contribution in [3.63, 3.8) is 0 Å². The van der Waals surface area contributed by atoms with Crippen molar-refractivity contribution in [1.29, 1.82) is 0 Å². The van der Waals surface area contributed by atoms with E-state index in [1.165, 1.54) is 0 Å². The number of carboxylic acid groups (broad SMARTS) is 2. The molecule has 0 amide bonds. The molecule has 0 aromatic rings. The molecule has 18 heavy (non-hydrogen) atoms. The molecule has 102 valence electrons.